The van der Waals surface area contributed by atoms with Crippen molar-refractivity contribution >= 4 is 60.4 Å². The number of halogens is 3. The number of Topliss-reactive ketones (excluding diaryl/α,β-unsaturated/α-hetero) is 1. The summed E-state index contributed by atoms with van der Waals surface area (Å²) < 4.78 is 74.2. The molecule has 1 aliphatic heterocycles. The number of ether oxygens (including phenoxy) is 1. The summed E-state index contributed by atoms with van der Waals surface area (Å²) in [6.45, 7) is 1.51. The van der Waals surface area contributed by atoms with Crippen molar-refractivity contribution in [2.45, 2.75) is 62.1 Å². The smallest absolute Gasteiger partial charge is 0.253 e. The first-order chi connectivity index (χ1) is 22.2. The van der Waals surface area contributed by atoms with E-state index in [1.165, 1.54) is 23.1 Å². The average Bonchev–Trinajstić information content (AvgIpc) is 3.86. The number of hydrogen-bond acceptors (Lipinski definition) is 7. The van der Waals surface area contributed by atoms with Gasteiger partial charge in [0.15, 0.2) is 15.6 Å². The van der Waals surface area contributed by atoms with Gasteiger partial charge < -0.3 is 9.64 Å². The molecule has 5 rings (SSSR count). The van der Waals surface area contributed by atoms with E-state index in [9.17, 15) is 26.4 Å². The van der Waals surface area contributed by atoms with Gasteiger partial charge in [-0.2, -0.15) is 0 Å². The second kappa shape index (κ2) is 14.2. The summed E-state index contributed by atoms with van der Waals surface area (Å²) in [4.78, 5) is 28.9. The van der Waals surface area contributed by atoms with E-state index in [1.54, 1.807) is 61.5 Å². The van der Waals surface area contributed by atoms with Crippen LogP contribution < -0.4 is 4.31 Å². The van der Waals surface area contributed by atoms with E-state index in [1.807, 2.05) is 0 Å². The van der Waals surface area contributed by atoms with Crippen LogP contribution in [0.3, 0.4) is 0 Å². The number of carbonyl (C=O) groups excluding carboxylic acids is 2. The van der Waals surface area contributed by atoms with Crippen LogP contribution in [0, 0.1) is 5.82 Å². The monoisotopic (exact) mass is 724 g/mol. The lowest BCUT2D eigenvalue weighted by Crippen LogP contribution is -2.58. The molecule has 0 spiro atoms. The third-order valence-electron chi connectivity index (χ3n) is 8.27. The highest BCUT2D eigenvalue weighted by Gasteiger charge is 2.49. The third-order valence-corrected chi connectivity index (χ3v) is 11.9. The van der Waals surface area contributed by atoms with Gasteiger partial charge in [0, 0.05) is 22.7 Å². The number of rotatable bonds is 13. The molecule has 1 heterocycles. The number of carbonyl (C=O) groups is 2. The van der Waals surface area contributed by atoms with Gasteiger partial charge in [0.05, 0.1) is 29.6 Å². The van der Waals surface area contributed by atoms with Gasteiger partial charge in [-0.15, -0.1) is 0 Å². The minimum atomic E-state index is -4.01. The van der Waals surface area contributed by atoms with Crippen LogP contribution in [0.2, 0.25) is 10.0 Å². The first kappa shape index (κ1) is 35.3. The highest BCUT2D eigenvalue weighted by atomic mass is 35.5. The number of anilines is 1. The van der Waals surface area contributed by atoms with Crippen LogP contribution in [0.1, 0.15) is 55.9 Å². The lowest BCUT2D eigenvalue weighted by Gasteiger charge is -2.49. The van der Waals surface area contributed by atoms with Crippen LogP contribution in [-0.4, -0.2) is 69.4 Å². The summed E-state index contributed by atoms with van der Waals surface area (Å²) in [5.74, 6) is -2.84. The Hall–Kier alpha value is -3.03. The molecule has 47 heavy (non-hydrogen) atoms. The number of amides is 1. The van der Waals surface area contributed by atoms with Crippen molar-refractivity contribution in [3.8, 4) is 0 Å². The summed E-state index contributed by atoms with van der Waals surface area (Å²) in [7, 11) is -7.70. The fourth-order valence-corrected chi connectivity index (χ4v) is 8.86. The van der Waals surface area contributed by atoms with Crippen LogP contribution >= 0.6 is 23.2 Å². The van der Waals surface area contributed by atoms with Gasteiger partial charge >= 0.3 is 0 Å². The van der Waals surface area contributed by atoms with E-state index in [2.05, 4.69) is 0 Å². The largest absolute Gasteiger partial charge is 0.357 e. The first-order valence-corrected chi connectivity index (χ1v) is 19.5. The Morgan fingerprint density at radius 1 is 0.979 bits per heavy atom. The van der Waals surface area contributed by atoms with Gasteiger partial charge in [-0.25, -0.2) is 21.2 Å². The molecule has 1 saturated heterocycles. The van der Waals surface area contributed by atoms with E-state index in [0.29, 0.717) is 34.0 Å². The van der Waals surface area contributed by atoms with Crippen molar-refractivity contribution in [1.29, 1.82) is 0 Å². The SMILES string of the molecule is CC[C@@H](CN(c1ccccc1F)S(=O)(=O)C1CC1)N1C(=O)[C@@H](CC(=O)CS(C)(=O)=O)O[C@H](c2cccc(Cl)c2)[C@H]1c1ccc(Cl)cc1. The first-order valence-electron chi connectivity index (χ1n) is 15.1. The van der Waals surface area contributed by atoms with Crippen molar-refractivity contribution in [1.82, 2.24) is 4.90 Å². The zero-order chi connectivity index (χ0) is 34.1. The minimum absolute atomic E-state index is 0.132. The van der Waals surface area contributed by atoms with Crippen molar-refractivity contribution in [3.05, 3.63) is 99.8 Å². The molecule has 9 nitrogen and oxygen atoms in total. The molecule has 1 aliphatic carbocycles. The maximum absolute atomic E-state index is 15.3. The number of nitrogens with zero attached hydrogens (tertiary/aromatic N) is 2. The van der Waals surface area contributed by atoms with Gasteiger partial charge in [0.1, 0.15) is 23.8 Å². The Bertz CT molecular complexity index is 1850. The van der Waals surface area contributed by atoms with E-state index >= 15 is 4.39 Å². The van der Waals surface area contributed by atoms with Crippen LogP contribution in [0.4, 0.5) is 10.1 Å². The molecule has 0 N–H and O–H groups in total. The summed E-state index contributed by atoms with van der Waals surface area (Å²) in [5, 5.41) is 0.162. The number of sulfonamides is 1. The molecule has 4 atom stereocenters. The molecular weight excluding hydrogens is 690 g/mol. The quantitative estimate of drug-likeness (QED) is 0.215. The summed E-state index contributed by atoms with van der Waals surface area (Å²) in [6.07, 6.45) is -0.789. The normalized spacial score (nSPS) is 21.0. The fraction of sp³-hybridized carbons (Fsp3) is 0.394. The second-order valence-corrected chi connectivity index (χ2v) is 17.1. The van der Waals surface area contributed by atoms with Crippen molar-refractivity contribution in [3.63, 3.8) is 0 Å². The molecule has 3 aromatic rings. The minimum Gasteiger partial charge on any atom is -0.357 e. The van der Waals surface area contributed by atoms with E-state index in [0.717, 1.165) is 10.6 Å². The third kappa shape index (κ3) is 8.17. The van der Waals surface area contributed by atoms with E-state index < -0.39 is 79.1 Å². The standard InChI is InChI=1S/C33H35Cl2FN2O7S2/c1-3-25(19-37(47(43,44)27-15-16-27)29-10-5-4-9-28(29)36)38-31(21-11-13-23(34)14-12-21)32(22-7-6-8-24(35)17-22)45-30(33(38)40)18-26(39)20-46(2,41)42/h4-14,17,25,27,30-32H,3,15-16,18-20H2,1-2H3/t25-,30+,31+,32+/m0/s1. The average molecular weight is 726 g/mol. The number of benzene rings is 3. The van der Waals surface area contributed by atoms with Crippen LogP contribution in [0.25, 0.3) is 0 Å². The molecule has 2 fully saturated rings. The van der Waals surface area contributed by atoms with Crippen molar-refractivity contribution in [2.75, 3.05) is 22.9 Å². The Balaban J connectivity index is 1.65. The highest BCUT2D eigenvalue weighted by molar-refractivity contribution is 7.93. The zero-order valence-corrected chi connectivity index (χ0v) is 28.9. The Morgan fingerprint density at radius 3 is 2.26 bits per heavy atom. The molecule has 0 bridgehead atoms. The molecule has 1 saturated carbocycles. The van der Waals surface area contributed by atoms with Crippen LogP contribution in [0.5, 0.6) is 0 Å². The molecular formula is C33H35Cl2FN2O7S2. The topological polar surface area (TPSA) is 118 Å². The van der Waals surface area contributed by atoms with Crippen LogP contribution in [0.15, 0.2) is 72.8 Å². The number of ketones is 1. The van der Waals surface area contributed by atoms with Crippen molar-refractivity contribution < 1.29 is 35.6 Å². The summed E-state index contributed by atoms with van der Waals surface area (Å²) in [5.41, 5.74) is 1.05. The second-order valence-electron chi connectivity index (χ2n) is 11.9. The molecule has 0 unspecified atom stereocenters. The highest BCUT2D eigenvalue weighted by Crippen LogP contribution is 2.45. The van der Waals surface area contributed by atoms with Gasteiger partial charge in [0.25, 0.3) is 5.91 Å². The molecule has 1 amide bonds. The summed E-state index contributed by atoms with van der Waals surface area (Å²) >= 11 is 12.6. The molecule has 3 aromatic carbocycles. The predicted molar refractivity (Wildman–Crippen MR) is 179 cm³/mol. The van der Waals surface area contributed by atoms with Crippen molar-refractivity contribution in [2.24, 2.45) is 0 Å². The molecule has 14 heteroatoms. The Morgan fingerprint density at radius 2 is 1.66 bits per heavy atom. The van der Waals surface area contributed by atoms with Gasteiger partial charge in [-0.05, 0) is 66.8 Å². The maximum Gasteiger partial charge on any atom is 0.253 e. The summed E-state index contributed by atoms with van der Waals surface area (Å²) in [6, 6.07) is 17.5. The number of sulfone groups is 1. The number of para-hydroxylation sites is 1. The molecule has 0 aromatic heterocycles. The molecule has 2 aliphatic rings. The predicted octanol–water partition coefficient (Wildman–Crippen LogP) is 5.92. The fourth-order valence-electron chi connectivity index (χ4n) is 5.94. The van der Waals surface area contributed by atoms with Gasteiger partial charge in [0.2, 0.25) is 10.0 Å². The van der Waals surface area contributed by atoms with E-state index in [-0.39, 0.29) is 18.7 Å². The Labute approximate surface area is 284 Å². The molecule has 0 radical (unpaired) electrons. The number of morpholine rings is 1. The lowest BCUT2D eigenvalue weighted by molar-refractivity contribution is -0.180. The molecule has 252 valence electrons. The zero-order valence-electron chi connectivity index (χ0n) is 25.8. The maximum atomic E-state index is 15.3. The van der Waals surface area contributed by atoms with Crippen LogP contribution in [-0.2, 0) is 34.2 Å². The van der Waals surface area contributed by atoms with Gasteiger partial charge in [-0.1, -0.05) is 66.5 Å². The lowest BCUT2D eigenvalue weighted by atomic mass is 9.89. The number of hydrogen-bond donors (Lipinski definition) is 0. The van der Waals surface area contributed by atoms with E-state index in [4.69, 9.17) is 27.9 Å². The van der Waals surface area contributed by atoms with Gasteiger partial charge in [-0.3, -0.25) is 13.9 Å². The Kier molecular flexibility index (Phi) is 10.7.